The van der Waals surface area contributed by atoms with Gasteiger partial charge in [0.1, 0.15) is 5.82 Å². The van der Waals surface area contributed by atoms with Crippen LogP contribution in [0.5, 0.6) is 0 Å². The molecule has 1 aliphatic heterocycles. The van der Waals surface area contributed by atoms with E-state index in [4.69, 9.17) is 0 Å². The van der Waals surface area contributed by atoms with Crippen LogP contribution in [0.4, 0.5) is 10.1 Å². The zero-order valence-electron chi connectivity index (χ0n) is 14.1. The molecule has 3 amide bonds. The van der Waals surface area contributed by atoms with Crippen LogP contribution in [-0.2, 0) is 4.79 Å². The number of carbonyl (C=O) groups is 3. The van der Waals surface area contributed by atoms with Crippen molar-refractivity contribution in [1.29, 1.82) is 0 Å². The number of nitrogens with one attached hydrogen (secondary N) is 1. The molecule has 0 radical (unpaired) electrons. The van der Waals surface area contributed by atoms with Crippen LogP contribution < -0.4 is 5.32 Å². The first-order chi connectivity index (χ1) is 12.5. The van der Waals surface area contributed by atoms with E-state index < -0.39 is 5.91 Å². The molecular formula is C19H17FN2O3S. The Morgan fingerprint density at radius 2 is 1.85 bits per heavy atom. The van der Waals surface area contributed by atoms with Gasteiger partial charge in [0.05, 0.1) is 16.8 Å². The zero-order chi connectivity index (χ0) is 18.7. The van der Waals surface area contributed by atoms with Gasteiger partial charge in [0.2, 0.25) is 5.91 Å². The average molecular weight is 372 g/mol. The number of halogens is 1. The van der Waals surface area contributed by atoms with Gasteiger partial charge in [-0.2, -0.15) is 0 Å². The van der Waals surface area contributed by atoms with E-state index in [1.165, 1.54) is 19.2 Å². The summed E-state index contributed by atoms with van der Waals surface area (Å²) in [6, 6.07) is 11.0. The van der Waals surface area contributed by atoms with Crippen molar-refractivity contribution >= 4 is 35.2 Å². The van der Waals surface area contributed by atoms with Crippen molar-refractivity contribution in [3.63, 3.8) is 0 Å². The van der Waals surface area contributed by atoms with E-state index in [1.807, 2.05) is 0 Å². The minimum absolute atomic E-state index is 0.215. The molecule has 0 saturated heterocycles. The Hall–Kier alpha value is -2.67. The Bertz CT molecular complexity index is 868. The predicted molar refractivity (Wildman–Crippen MR) is 97.9 cm³/mol. The van der Waals surface area contributed by atoms with Gasteiger partial charge in [0, 0.05) is 18.4 Å². The Labute approximate surface area is 154 Å². The zero-order valence-corrected chi connectivity index (χ0v) is 14.9. The third kappa shape index (κ3) is 3.77. The van der Waals surface area contributed by atoms with Crippen LogP contribution in [0.15, 0.2) is 47.4 Å². The van der Waals surface area contributed by atoms with Gasteiger partial charge in [-0.3, -0.25) is 19.3 Å². The van der Waals surface area contributed by atoms with E-state index in [2.05, 4.69) is 5.32 Å². The summed E-state index contributed by atoms with van der Waals surface area (Å²) in [7, 11) is 1.42. The molecule has 0 saturated carbocycles. The second-order valence-electron chi connectivity index (χ2n) is 5.85. The first kappa shape index (κ1) is 18.1. The molecule has 0 fully saturated rings. The van der Waals surface area contributed by atoms with Crippen LogP contribution >= 0.6 is 11.8 Å². The van der Waals surface area contributed by atoms with Gasteiger partial charge in [0.15, 0.2) is 0 Å². The number of nitrogens with zero attached hydrogens (tertiary/aromatic N) is 1. The van der Waals surface area contributed by atoms with Crippen molar-refractivity contribution in [2.75, 3.05) is 18.1 Å². The van der Waals surface area contributed by atoms with Crippen molar-refractivity contribution < 1.29 is 18.8 Å². The largest absolute Gasteiger partial charge is 0.325 e. The molecule has 26 heavy (non-hydrogen) atoms. The van der Waals surface area contributed by atoms with E-state index in [-0.39, 0.29) is 29.6 Å². The molecule has 0 atom stereocenters. The molecule has 0 aromatic heterocycles. The number of hydrogen-bond acceptors (Lipinski definition) is 4. The number of benzene rings is 2. The molecule has 1 aliphatic rings. The molecule has 0 spiro atoms. The normalized spacial score (nSPS) is 13.1. The molecule has 0 bridgehead atoms. The molecule has 134 valence electrons. The van der Waals surface area contributed by atoms with E-state index in [1.54, 1.807) is 42.1 Å². The van der Waals surface area contributed by atoms with Crippen molar-refractivity contribution in [2.24, 2.45) is 0 Å². The number of thioether (sulfide) groups is 1. The van der Waals surface area contributed by atoms with Crippen LogP contribution in [0.25, 0.3) is 0 Å². The molecule has 1 heterocycles. The van der Waals surface area contributed by atoms with E-state index in [9.17, 15) is 18.8 Å². The minimum atomic E-state index is -0.409. The third-order valence-electron chi connectivity index (χ3n) is 4.02. The van der Waals surface area contributed by atoms with Gasteiger partial charge in [-0.1, -0.05) is 6.07 Å². The van der Waals surface area contributed by atoms with Gasteiger partial charge >= 0.3 is 0 Å². The summed E-state index contributed by atoms with van der Waals surface area (Å²) in [5, 5.41) is 2.72. The second kappa shape index (κ2) is 7.70. The molecule has 2 aromatic carbocycles. The Morgan fingerprint density at radius 1 is 1.12 bits per heavy atom. The topological polar surface area (TPSA) is 66.5 Å². The molecule has 0 aliphatic carbocycles. The standard InChI is InChI=1S/C19H17FN2O3S/c1-22-18(24)14-4-2-5-15(17(14)19(22)25)21-16(23)6-3-11-26-13-9-7-12(20)8-10-13/h2,4-5,7-10H,3,6,11H2,1H3,(H,21,23). The summed E-state index contributed by atoms with van der Waals surface area (Å²) in [6.45, 7) is 0. The first-order valence-electron chi connectivity index (χ1n) is 8.11. The number of amides is 3. The van der Waals surface area contributed by atoms with Gasteiger partial charge in [-0.05, 0) is 48.6 Å². The lowest BCUT2D eigenvalue weighted by Crippen LogP contribution is -2.24. The molecular weight excluding hydrogens is 355 g/mol. The summed E-state index contributed by atoms with van der Waals surface area (Å²) in [4.78, 5) is 38.3. The van der Waals surface area contributed by atoms with E-state index in [0.29, 0.717) is 23.4 Å². The lowest BCUT2D eigenvalue weighted by atomic mass is 10.1. The number of fused-ring (bicyclic) bond motifs is 1. The number of hydrogen-bond donors (Lipinski definition) is 1. The Balaban J connectivity index is 1.54. The van der Waals surface area contributed by atoms with Crippen molar-refractivity contribution in [3.05, 3.63) is 59.4 Å². The lowest BCUT2D eigenvalue weighted by Gasteiger charge is -2.09. The Morgan fingerprint density at radius 3 is 2.58 bits per heavy atom. The number of rotatable bonds is 6. The van der Waals surface area contributed by atoms with Gasteiger partial charge < -0.3 is 5.32 Å². The molecule has 5 nitrogen and oxygen atoms in total. The molecule has 2 aromatic rings. The molecule has 7 heteroatoms. The molecule has 1 N–H and O–H groups in total. The van der Waals surface area contributed by atoms with Gasteiger partial charge in [-0.25, -0.2) is 4.39 Å². The van der Waals surface area contributed by atoms with Crippen molar-refractivity contribution in [2.45, 2.75) is 17.7 Å². The van der Waals surface area contributed by atoms with Gasteiger partial charge in [0.25, 0.3) is 11.8 Å². The summed E-state index contributed by atoms with van der Waals surface area (Å²) in [6.07, 6.45) is 0.922. The SMILES string of the molecule is CN1C(=O)c2cccc(NC(=O)CCCSc3ccc(F)cc3)c2C1=O. The van der Waals surface area contributed by atoms with Crippen LogP contribution in [0.2, 0.25) is 0 Å². The third-order valence-corrected chi connectivity index (χ3v) is 5.12. The molecule has 3 rings (SSSR count). The summed E-state index contributed by atoms with van der Waals surface area (Å²) in [5.74, 6) is -0.549. The van der Waals surface area contributed by atoms with Crippen LogP contribution in [0, 0.1) is 5.82 Å². The summed E-state index contributed by atoms with van der Waals surface area (Å²) >= 11 is 1.55. The fraction of sp³-hybridized carbons (Fsp3) is 0.211. The van der Waals surface area contributed by atoms with Gasteiger partial charge in [-0.15, -0.1) is 11.8 Å². The maximum Gasteiger partial charge on any atom is 0.263 e. The van der Waals surface area contributed by atoms with Crippen molar-refractivity contribution in [3.8, 4) is 0 Å². The summed E-state index contributed by atoms with van der Waals surface area (Å²) in [5.41, 5.74) is 0.914. The maximum atomic E-state index is 12.8. The highest BCUT2D eigenvalue weighted by atomic mass is 32.2. The lowest BCUT2D eigenvalue weighted by molar-refractivity contribution is -0.116. The fourth-order valence-electron chi connectivity index (χ4n) is 2.67. The van der Waals surface area contributed by atoms with E-state index >= 15 is 0 Å². The fourth-order valence-corrected chi connectivity index (χ4v) is 3.52. The minimum Gasteiger partial charge on any atom is -0.325 e. The smallest absolute Gasteiger partial charge is 0.263 e. The average Bonchev–Trinajstić information content (AvgIpc) is 2.85. The van der Waals surface area contributed by atoms with Crippen LogP contribution in [-0.4, -0.2) is 35.4 Å². The highest BCUT2D eigenvalue weighted by Crippen LogP contribution is 2.28. The molecule has 0 unspecified atom stereocenters. The quantitative estimate of drug-likeness (QED) is 0.478. The number of anilines is 1. The number of carbonyl (C=O) groups excluding carboxylic acids is 3. The monoisotopic (exact) mass is 372 g/mol. The highest BCUT2D eigenvalue weighted by molar-refractivity contribution is 7.99. The Kier molecular flexibility index (Phi) is 5.37. The maximum absolute atomic E-state index is 12.8. The van der Waals surface area contributed by atoms with E-state index in [0.717, 1.165) is 9.80 Å². The first-order valence-corrected chi connectivity index (χ1v) is 9.09. The summed E-state index contributed by atoms with van der Waals surface area (Å²) < 4.78 is 12.8. The van der Waals surface area contributed by atoms with Crippen LogP contribution in [0.3, 0.4) is 0 Å². The van der Waals surface area contributed by atoms with Crippen molar-refractivity contribution in [1.82, 2.24) is 4.90 Å². The predicted octanol–water partition coefficient (Wildman–Crippen LogP) is 3.56. The second-order valence-corrected chi connectivity index (χ2v) is 7.02. The van der Waals surface area contributed by atoms with Crippen LogP contribution in [0.1, 0.15) is 33.6 Å². The highest BCUT2D eigenvalue weighted by Gasteiger charge is 2.35. The number of imide groups is 1.